The molecular formula is C17H27NO. The van der Waals surface area contributed by atoms with Crippen LogP contribution in [-0.2, 0) is 17.8 Å². The van der Waals surface area contributed by atoms with E-state index in [1.165, 1.54) is 36.8 Å². The fourth-order valence-electron chi connectivity index (χ4n) is 2.85. The van der Waals surface area contributed by atoms with Crippen LogP contribution in [0.3, 0.4) is 0 Å². The van der Waals surface area contributed by atoms with Crippen LogP contribution < -0.4 is 5.32 Å². The van der Waals surface area contributed by atoms with Gasteiger partial charge in [-0.25, -0.2) is 0 Å². The molecular weight excluding hydrogens is 234 g/mol. The Bertz CT molecular complexity index is 358. The molecule has 0 spiro atoms. The molecule has 2 heteroatoms. The van der Waals surface area contributed by atoms with Gasteiger partial charge in [0.2, 0.25) is 0 Å². The largest absolute Gasteiger partial charge is 0.376 e. The Hall–Kier alpha value is -0.860. The van der Waals surface area contributed by atoms with E-state index in [-0.39, 0.29) is 0 Å². The molecule has 106 valence electrons. The van der Waals surface area contributed by atoms with Gasteiger partial charge in [-0.05, 0) is 49.4 Å². The molecule has 1 aromatic rings. The van der Waals surface area contributed by atoms with E-state index < -0.39 is 0 Å². The lowest BCUT2D eigenvalue weighted by Crippen LogP contribution is -2.17. The van der Waals surface area contributed by atoms with Crippen molar-refractivity contribution in [2.45, 2.75) is 45.6 Å². The predicted octanol–water partition coefficient (Wildman–Crippen LogP) is 3.55. The average molecular weight is 261 g/mol. The number of likely N-dealkylation sites (N-methyl/N-ethyl adjacent to an activating group) is 1. The van der Waals surface area contributed by atoms with E-state index in [1.807, 2.05) is 0 Å². The highest BCUT2D eigenvalue weighted by Gasteiger charge is 2.14. The summed E-state index contributed by atoms with van der Waals surface area (Å²) in [7, 11) is 0. The smallest absolute Gasteiger partial charge is 0.0719 e. The average Bonchev–Trinajstić information content (AvgIpc) is 2.94. The quantitative estimate of drug-likeness (QED) is 0.723. The van der Waals surface area contributed by atoms with Gasteiger partial charge < -0.3 is 10.1 Å². The number of hydrogen-bond acceptors (Lipinski definition) is 2. The van der Waals surface area contributed by atoms with Gasteiger partial charge in [0.25, 0.3) is 0 Å². The highest BCUT2D eigenvalue weighted by atomic mass is 16.5. The van der Waals surface area contributed by atoms with Gasteiger partial charge in [0, 0.05) is 6.61 Å². The lowest BCUT2D eigenvalue weighted by Gasteiger charge is -2.13. The van der Waals surface area contributed by atoms with Crippen molar-refractivity contribution in [2.75, 3.05) is 19.7 Å². The summed E-state index contributed by atoms with van der Waals surface area (Å²) in [5.41, 5.74) is 2.79. The van der Waals surface area contributed by atoms with E-state index in [0.29, 0.717) is 0 Å². The summed E-state index contributed by atoms with van der Waals surface area (Å²) >= 11 is 0. The Balaban J connectivity index is 1.77. The molecule has 0 heterocycles. The second-order valence-electron chi connectivity index (χ2n) is 5.54. The van der Waals surface area contributed by atoms with E-state index in [0.717, 1.165) is 38.6 Å². The minimum absolute atomic E-state index is 0.777. The third-order valence-corrected chi connectivity index (χ3v) is 4.03. The molecule has 1 aliphatic rings. The molecule has 1 N–H and O–H groups in total. The molecule has 0 atom stereocenters. The molecule has 2 nitrogen and oxygen atoms in total. The second-order valence-corrected chi connectivity index (χ2v) is 5.54. The molecule has 0 bridgehead atoms. The van der Waals surface area contributed by atoms with Gasteiger partial charge in [0.05, 0.1) is 6.61 Å². The highest BCUT2D eigenvalue weighted by molar-refractivity contribution is 5.26. The highest BCUT2D eigenvalue weighted by Crippen LogP contribution is 2.25. The normalized spacial score (nSPS) is 16.1. The van der Waals surface area contributed by atoms with E-state index in [2.05, 4.69) is 36.5 Å². The zero-order valence-electron chi connectivity index (χ0n) is 12.2. The first-order valence-electron chi connectivity index (χ1n) is 7.75. The molecule has 2 rings (SSSR count). The van der Waals surface area contributed by atoms with Crippen LogP contribution in [0.2, 0.25) is 0 Å². The van der Waals surface area contributed by atoms with Crippen LogP contribution in [0.15, 0.2) is 24.3 Å². The van der Waals surface area contributed by atoms with Crippen LogP contribution in [0, 0.1) is 5.92 Å². The molecule has 0 aromatic heterocycles. The fourth-order valence-corrected chi connectivity index (χ4v) is 2.85. The van der Waals surface area contributed by atoms with Crippen LogP contribution in [0.5, 0.6) is 0 Å². The number of nitrogens with one attached hydrogen (secondary N) is 1. The molecule has 1 saturated carbocycles. The standard InChI is InChI=1S/C17H27NO/c1-2-18-12-11-16-9-5-6-10-17(16)14-19-13-15-7-3-4-8-15/h5-6,9-10,15,18H,2-4,7-8,11-14H2,1H3. The Kier molecular flexibility index (Phi) is 6.38. The summed E-state index contributed by atoms with van der Waals surface area (Å²) in [5.74, 6) is 0.814. The first kappa shape index (κ1) is 14.5. The van der Waals surface area contributed by atoms with Crippen molar-refractivity contribution in [3.05, 3.63) is 35.4 Å². The van der Waals surface area contributed by atoms with Crippen LogP contribution in [-0.4, -0.2) is 19.7 Å². The van der Waals surface area contributed by atoms with Crippen molar-refractivity contribution in [3.63, 3.8) is 0 Å². The summed E-state index contributed by atoms with van der Waals surface area (Å²) in [6.07, 6.45) is 6.61. The topological polar surface area (TPSA) is 21.3 Å². The van der Waals surface area contributed by atoms with Crippen molar-refractivity contribution in [1.29, 1.82) is 0 Å². The summed E-state index contributed by atoms with van der Waals surface area (Å²) < 4.78 is 5.93. The van der Waals surface area contributed by atoms with Crippen molar-refractivity contribution in [3.8, 4) is 0 Å². The summed E-state index contributed by atoms with van der Waals surface area (Å²) in [4.78, 5) is 0. The third-order valence-electron chi connectivity index (χ3n) is 4.03. The molecule has 0 saturated heterocycles. The summed E-state index contributed by atoms with van der Waals surface area (Å²) in [6.45, 7) is 5.97. The van der Waals surface area contributed by atoms with Gasteiger partial charge in [-0.3, -0.25) is 0 Å². The lowest BCUT2D eigenvalue weighted by molar-refractivity contribution is 0.0884. The van der Waals surface area contributed by atoms with Gasteiger partial charge in [-0.15, -0.1) is 0 Å². The molecule has 0 amide bonds. The minimum atomic E-state index is 0.777. The Morgan fingerprint density at radius 3 is 2.63 bits per heavy atom. The number of rotatable bonds is 8. The summed E-state index contributed by atoms with van der Waals surface area (Å²) in [5, 5.41) is 3.38. The lowest BCUT2D eigenvalue weighted by atomic mass is 10.1. The predicted molar refractivity (Wildman–Crippen MR) is 80.3 cm³/mol. The minimum Gasteiger partial charge on any atom is -0.376 e. The van der Waals surface area contributed by atoms with Gasteiger partial charge in [-0.1, -0.05) is 44.0 Å². The summed E-state index contributed by atoms with van der Waals surface area (Å²) in [6, 6.07) is 8.67. The maximum absolute atomic E-state index is 5.93. The Morgan fingerprint density at radius 1 is 1.16 bits per heavy atom. The Labute approximate surface area is 117 Å². The molecule has 1 aromatic carbocycles. The van der Waals surface area contributed by atoms with Crippen LogP contribution in [0.25, 0.3) is 0 Å². The van der Waals surface area contributed by atoms with Crippen molar-refractivity contribution >= 4 is 0 Å². The molecule has 1 fully saturated rings. The SMILES string of the molecule is CCNCCc1ccccc1COCC1CCCC1. The molecule has 1 aliphatic carbocycles. The maximum Gasteiger partial charge on any atom is 0.0719 e. The van der Waals surface area contributed by atoms with Gasteiger partial charge in [0.1, 0.15) is 0 Å². The van der Waals surface area contributed by atoms with E-state index >= 15 is 0 Å². The van der Waals surface area contributed by atoms with Gasteiger partial charge >= 0.3 is 0 Å². The van der Waals surface area contributed by atoms with Crippen molar-refractivity contribution in [1.82, 2.24) is 5.32 Å². The van der Waals surface area contributed by atoms with Crippen LogP contribution in [0.4, 0.5) is 0 Å². The molecule has 19 heavy (non-hydrogen) atoms. The second kappa shape index (κ2) is 8.34. The zero-order valence-corrected chi connectivity index (χ0v) is 12.2. The number of benzene rings is 1. The molecule has 0 aliphatic heterocycles. The maximum atomic E-state index is 5.93. The van der Waals surface area contributed by atoms with Gasteiger partial charge in [0.15, 0.2) is 0 Å². The first-order valence-corrected chi connectivity index (χ1v) is 7.75. The van der Waals surface area contributed by atoms with E-state index in [1.54, 1.807) is 0 Å². The van der Waals surface area contributed by atoms with Gasteiger partial charge in [-0.2, -0.15) is 0 Å². The van der Waals surface area contributed by atoms with Crippen molar-refractivity contribution < 1.29 is 4.74 Å². The zero-order chi connectivity index (χ0) is 13.3. The fraction of sp³-hybridized carbons (Fsp3) is 0.647. The number of ether oxygens (including phenoxy) is 1. The van der Waals surface area contributed by atoms with Crippen LogP contribution in [0.1, 0.15) is 43.7 Å². The molecule has 0 radical (unpaired) electrons. The monoisotopic (exact) mass is 261 g/mol. The van der Waals surface area contributed by atoms with Crippen LogP contribution >= 0.6 is 0 Å². The van der Waals surface area contributed by atoms with E-state index in [4.69, 9.17) is 4.74 Å². The first-order chi connectivity index (χ1) is 9.40. The third kappa shape index (κ3) is 4.96. The number of hydrogen-bond donors (Lipinski definition) is 1. The molecule has 0 unspecified atom stereocenters. The Morgan fingerprint density at radius 2 is 1.89 bits per heavy atom. The van der Waals surface area contributed by atoms with E-state index in [9.17, 15) is 0 Å². The van der Waals surface area contributed by atoms with Crippen molar-refractivity contribution in [2.24, 2.45) is 5.92 Å².